The lowest BCUT2D eigenvalue weighted by atomic mass is 10.2. The maximum atomic E-state index is 11.0. The normalized spacial score (nSPS) is 10.8. The van der Waals surface area contributed by atoms with Gasteiger partial charge in [-0.25, -0.2) is 14.3 Å². The number of aromatic carboxylic acids is 1. The Labute approximate surface area is 95.1 Å². The molecule has 0 aromatic carbocycles. The molecule has 0 aliphatic heterocycles. The van der Waals surface area contributed by atoms with Crippen LogP contribution >= 0.6 is 0 Å². The van der Waals surface area contributed by atoms with Crippen LogP contribution < -0.4 is 0 Å². The highest BCUT2D eigenvalue weighted by molar-refractivity contribution is 5.87. The predicted octanol–water partition coefficient (Wildman–Crippen LogP) is 1.69. The molecule has 0 aliphatic rings. The smallest absolute Gasteiger partial charge is 0.354 e. The van der Waals surface area contributed by atoms with E-state index in [1.807, 2.05) is 0 Å². The van der Waals surface area contributed by atoms with E-state index in [4.69, 9.17) is 9.52 Å². The Balaban J connectivity index is 2.35. The van der Waals surface area contributed by atoms with Crippen molar-refractivity contribution in [2.45, 2.75) is 0 Å². The van der Waals surface area contributed by atoms with Gasteiger partial charge in [-0.3, -0.25) is 0 Å². The average Bonchev–Trinajstić information content (AvgIpc) is 2.98. The second-order valence-corrected chi connectivity index (χ2v) is 3.41. The van der Waals surface area contributed by atoms with Gasteiger partial charge in [0.15, 0.2) is 17.1 Å². The first-order chi connectivity index (χ1) is 8.25. The maximum Gasteiger partial charge on any atom is 0.354 e. The summed E-state index contributed by atoms with van der Waals surface area (Å²) in [5.41, 5.74) is 0.989. The van der Waals surface area contributed by atoms with Crippen molar-refractivity contribution in [1.82, 2.24) is 14.6 Å². The van der Waals surface area contributed by atoms with Crippen LogP contribution in [0.1, 0.15) is 10.5 Å². The number of furan rings is 1. The minimum absolute atomic E-state index is 0.0376. The van der Waals surface area contributed by atoms with Crippen molar-refractivity contribution in [3.63, 3.8) is 0 Å². The molecule has 0 atom stereocenters. The lowest BCUT2D eigenvalue weighted by Gasteiger charge is -2.03. The largest absolute Gasteiger partial charge is 0.477 e. The van der Waals surface area contributed by atoms with Gasteiger partial charge in [0, 0.05) is 12.1 Å². The molecular formula is C11H7N3O3. The van der Waals surface area contributed by atoms with E-state index in [2.05, 4.69) is 10.1 Å². The third-order valence-electron chi connectivity index (χ3n) is 2.35. The number of hydrogen-bond acceptors (Lipinski definition) is 4. The van der Waals surface area contributed by atoms with Crippen LogP contribution in [-0.2, 0) is 0 Å². The highest BCUT2D eigenvalue weighted by atomic mass is 16.4. The zero-order chi connectivity index (χ0) is 11.8. The molecule has 3 heterocycles. The van der Waals surface area contributed by atoms with E-state index < -0.39 is 5.97 Å². The standard InChI is InChI=1S/C11H7N3O3/c15-11(16)7-6-8(9-2-1-5-17-9)14-10(13-7)3-4-12-14/h1-6H,(H,15,16). The van der Waals surface area contributed by atoms with Crippen LogP contribution in [0.15, 0.2) is 41.1 Å². The van der Waals surface area contributed by atoms with E-state index in [9.17, 15) is 4.79 Å². The van der Waals surface area contributed by atoms with Crippen LogP contribution in [0.4, 0.5) is 0 Å². The number of hydrogen-bond donors (Lipinski definition) is 1. The van der Waals surface area contributed by atoms with Crippen molar-refractivity contribution in [2.75, 3.05) is 0 Å². The minimum Gasteiger partial charge on any atom is -0.477 e. The summed E-state index contributed by atoms with van der Waals surface area (Å²) in [6.45, 7) is 0. The van der Waals surface area contributed by atoms with E-state index in [1.54, 1.807) is 24.4 Å². The molecule has 0 saturated heterocycles. The van der Waals surface area contributed by atoms with Gasteiger partial charge in [0.25, 0.3) is 0 Å². The average molecular weight is 229 g/mol. The van der Waals surface area contributed by atoms with E-state index in [0.717, 1.165) is 0 Å². The Kier molecular flexibility index (Phi) is 1.94. The monoisotopic (exact) mass is 229 g/mol. The van der Waals surface area contributed by atoms with Gasteiger partial charge in [-0.05, 0) is 12.1 Å². The van der Waals surface area contributed by atoms with Crippen LogP contribution in [0.3, 0.4) is 0 Å². The highest BCUT2D eigenvalue weighted by Crippen LogP contribution is 2.21. The zero-order valence-electron chi connectivity index (χ0n) is 8.57. The highest BCUT2D eigenvalue weighted by Gasteiger charge is 2.14. The van der Waals surface area contributed by atoms with Crippen LogP contribution in [0.25, 0.3) is 17.1 Å². The summed E-state index contributed by atoms with van der Waals surface area (Å²) in [7, 11) is 0. The van der Waals surface area contributed by atoms with Crippen molar-refractivity contribution in [1.29, 1.82) is 0 Å². The van der Waals surface area contributed by atoms with Crippen molar-refractivity contribution < 1.29 is 14.3 Å². The van der Waals surface area contributed by atoms with Crippen molar-refractivity contribution >= 4 is 11.6 Å². The fraction of sp³-hybridized carbons (Fsp3) is 0. The molecule has 0 unspecified atom stereocenters. The quantitative estimate of drug-likeness (QED) is 0.723. The summed E-state index contributed by atoms with van der Waals surface area (Å²) in [5.74, 6) is -0.537. The van der Waals surface area contributed by atoms with Gasteiger partial charge < -0.3 is 9.52 Å². The Morgan fingerprint density at radius 2 is 2.29 bits per heavy atom. The predicted molar refractivity (Wildman–Crippen MR) is 57.6 cm³/mol. The van der Waals surface area contributed by atoms with Gasteiger partial charge in [0.1, 0.15) is 5.69 Å². The lowest BCUT2D eigenvalue weighted by molar-refractivity contribution is 0.0690. The zero-order valence-corrected chi connectivity index (χ0v) is 8.57. The molecular weight excluding hydrogens is 222 g/mol. The lowest BCUT2D eigenvalue weighted by Crippen LogP contribution is -2.05. The van der Waals surface area contributed by atoms with Gasteiger partial charge in [-0.2, -0.15) is 5.10 Å². The van der Waals surface area contributed by atoms with Gasteiger partial charge in [-0.15, -0.1) is 0 Å². The first kappa shape index (κ1) is 9.59. The molecule has 0 radical (unpaired) electrons. The van der Waals surface area contributed by atoms with Crippen molar-refractivity contribution in [3.8, 4) is 11.5 Å². The van der Waals surface area contributed by atoms with Gasteiger partial charge >= 0.3 is 5.97 Å². The number of fused-ring (bicyclic) bond motifs is 1. The molecule has 0 bridgehead atoms. The number of carboxylic acid groups (broad SMARTS) is 1. The summed E-state index contributed by atoms with van der Waals surface area (Å²) in [6.07, 6.45) is 3.08. The first-order valence-electron chi connectivity index (χ1n) is 4.87. The van der Waals surface area contributed by atoms with E-state index in [0.29, 0.717) is 17.1 Å². The molecule has 0 aliphatic carbocycles. The molecule has 84 valence electrons. The van der Waals surface area contributed by atoms with Gasteiger partial charge in [0.2, 0.25) is 0 Å². The first-order valence-corrected chi connectivity index (χ1v) is 4.87. The molecule has 1 N–H and O–H groups in total. The maximum absolute atomic E-state index is 11.0. The molecule has 0 amide bonds. The Morgan fingerprint density at radius 1 is 1.41 bits per heavy atom. The second kappa shape index (κ2) is 3.44. The molecule has 17 heavy (non-hydrogen) atoms. The molecule has 3 aromatic rings. The Morgan fingerprint density at radius 3 is 3.00 bits per heavy atom. The van der Waals surface area contributed by atoms with Crippen LogP contribution in [0, 0.1) is 0 Å². The molecule has 6 heteroatoms. The molecule has 6 nitrogen and oxygen atoms in total. The second-order valence-electron chi connectivity index (χ2n) is 3.41. The number of carbonyl (C=O) groups is 1. The Bertz CT molecular complexity index is 685. The van der Waals surface area contributed by atoms with Crippen molar-refractivity contribution in [3.05, 3.63) is 42.4 Å². The summed E-state index contributed by atoms with van der Waals surface area (Å²) in [4.78, 5) is 14.9. The number of aromatic nitrogens is 3. The number of carboxylic acids is 1. The fourth-order valence-corrected chi connectivity index (χ4v) is 1.62. The third-order valence-corrected chi connectivity index (χ3v) is 2.35. The molecule has 3 rings (SSSR count). The Hall–Kier alpha value is -2.63. The third kappa shape index (κ3) is 1.46. The molecule has 0 spiro atoms. The molecule has 3 aromatic heterocycles. The van der Waals surface area contributed by atoms with E-state index in [1.165, 1.54) is 16.8 Å². The van der Waals surface area contributed by atoms with Gasteiger partial charge in [0.05, 0.1) is 12.5 Å². The van der Waals surface area contributed by atoms with Crippen molar-refractivity contribution in [2.24, 2.45) is 0 Å². The summed E-state index contributed by atoms with van der Waals surface area (Å²) in [5, 5.41) is 13.1. The fourth-order valence-electron chi connectivity index (χ4n) is 1.62. The topological polar surface area (TPSA) is 80.6 Å². The molecule has 0 saturated carbocycles. The SMILES string of the molecule is O=C(O)c1cc(-c2ccco2)n2nccc2n1. The minimum atomic E-state index is -1.08. The number of rotatable bonds is 2. The van der Waals surface area contributed by atoms with Gasteiger partial charge in [-0.1, -0.05) is 0 Å². The summed E-state index contributed by atoms with van der Waals surface area (Å²) >= 11 is 0. The van der Waals surface area contributed by atoms with E-state index >= 15 is 0 Å². The summed E-state index contributed by atoms with van der Waals surface area (Å²) < 4.78 is 6.78. The number of nitrogens with zero attached hydrogens (tertiary/aromatic N) is 3. The van der Waals surface area contributed by atoms with Crippen LogP contribution in [0.2, 0.25) is 0 Å². The van der Waals surface area contributed by atoms with Crippen LogP contribution in [-0.4, -0.2) is 25.7 Å². The van der Waals surface area contributed by atoms with Crippen LogP contribution in [0.5, 0.6) is 0 Å². The molecule has 0 fully saturated rings. The summed E-state index contributed by atoms with van der Waals surface area (Å²) in [6, 6.07) is 6.54. The van der Waals surface area contributed by atoms with E-state index in [-0.39, 0.29) is 5.69 Å².